The van der Waals surface area contributed by atoms with Crippen molar-refractivity contribution in [1.29, 1.82) is 0 Å². The van der Waals surface area contributed by atoms with E-state index < -0.39 is 0 Å². The Hall–Kier alpha value is -1.25. The summed E-state index contributed by atoms with van der Waals surface area (Å²) in [6, 6.07) is 13.3. The molecule has 0 aromatic heterocycles. The minimum Gasteiger partial charge on any atom is -0.316 e. The van der Waals surface area contributed by atoms with Gasteiger partial charge < -0.3 is 5.32 Å². The lowest BCUT2D eigenvalue weighted by molar-refractivity contribution is 0.815. The van der Waals surface area contributed by atoms with E-state index in [2.05, 4.69) is 62.5 Å². The first-order valence-corrected chi connectivity index (χ1v) is 8.02. The standard InChI is InChI=1S/C18H23NS/c1-13-8-14(2)18(15(3)9-13)12-20-17-7-5-6-16(10-17)11-19-4/h5-10,19H,11-12H2,1-4H3. The lowest BCUT2D eigenvalue weighted by Crippen LogP contribution is -2.04. The largest absolute Gasteiger partial charge is 0.316 e. The van der Waals surface area contributed by atoms with Gasteiger partial charge in [-0.1, -0.05) is 29.8 Å². The molecular formula is C18H23NS. The number of aryl methyl sites for hydroxylation is 3. The van der Waals surface area contributed by atoms with E-state index in [9.17, 15) is 0 Å². The molecule has 20 heavy (non-hydrogen) atoms. The van der Waals surface area contributed by atoms with Gasteiger partial charge in [-0.2, -0.15) is 0 Å². The molecule has 0 amide bonds. The maximum Gasteiger partial charge on any atom is 0.0237 e. The van der Waals surface area contributed by atoms with Crippen LogP contribution in [-0.4, -0.2) is 7.05 Å². The molecule has 2 aromatic rings. The van der Waals surface area contributed by atoms with Crippen LogP contribution >= 0.6 is 11.8 Å². The minimum absolute atomic E-state index is 0.928. The Morgan fingerprint density at radius 2 is 1.70 bits per heavy atom. The van der Waals surface area contributed by atoms with Crippen LogP contribution in [0.1, 0.15) is 27.8 Å². The summed E-state index contributed by atoms with van der Waals surface area (Å²) < 4.78 is 0. The third-order valence-corrected chi connectivity index (χ3v) is 4.52. The van der Waals surface area contributed by atoms with Gasteiger partial charge in [-0.05, 0) is 62.2 Å². The summed E-state index contributed by atoms with van der Waals surface area (Å²) in [6.45, 7) is 7.52. The van der Waals surface area contributed by atoms with E-state index in [4.69, 9.17) is 0 Å². The molecule has 0 fully saturated rings. The number of rotatable bonds is 5. The first kappa shape index (κ1) is 15.1. The molecule has 0 aliphatic heterocycles. The highest BCUT2D eigenvalue weighted by Crippen LogP contribution is 2.27. The van der Waals surface area contributed by atoms with Crippen molar-refractivity contribution in [2.45, 2.75) is 38.0 Å². The van der Waals surface area contributed by atoms with Crippen molar-refractivity contribution in [3.8, 4) is 0 Å². The van der Waals surface area contributed by atoms with Crippen molar-refractivity contribution in [3.05, 3.63) is 64.2 Å². The Bertz CT molecular complexity index is 567. The molecule has 0 atom stereocenters. The van der Waals surface area contributed by atoms with Gasteiger partial charge in [0.2, 0.25) is 0 Å². The molecule has 0 aliphatic carbocycles. The maximum absolute atomic E-state index is 3.20. The van der Waals surface area contributed by atoms with E-state index in [1.54, 1.807) is 0 Å². The molecule has 2 heteroatoms. The second-order valence-corrected chi connectivity index (χ2v) is 6.39. The van der Waals surface area contributed by atoms with Gasteiger partial charge in [0.05, 0.1) is 0 Å². The zero-order valence-electron chi connectivity index (χ0n) is 12.8. The third-order valence-electron chi connectivity index (χ3n) is 3.50. The fourth-order valence-electron chi connectivity index (χ4n) is 2.54. The summed E-state index contributed by atoms with van der Waals surface area (Å²) in [7, 11) is 1.98. The molecule has 0 spiro atoms. The third kappa shape index (κ3) is 3.87. The Balaban J connectivity index is 2.11. The molecule has 0 unspecified atom stereocenters. The Morgan fingerprint density at radius 3 is 2.35 bits per heavy atom. The predicted octanol–water partition coefficient (Wildman–Crippen LogP) is 4.62. The first-order valence-electron chi connectivity index (χ1n) is 7.03. The highest BCUT2D eigenvalue weighted by molar-refractivity contribution is 7.98. The molecule has 0 saturated carbocycles. The topological polar surface area (TPSA) is 12.0 Å². The average molecular weight is 285 g/mol. The van der Waals surface area contributed by atoms with Crippen LogP contribution in [0.3, 0.4) is 0 Å². The molecule has 0 saturated heterocycles. The maximum atomic E-state index is 3.20. The van der Waals surface area contributed by atoms with Gasteiger partial charge in [0, 0.05) is 17.2 Å². The van der Waals surface area contributed by atoms with Gasteiger partial charge >= 0.3 is 0 Å². The van der Waals surface area contributed by atoms with Gasteiger partial charge in [-0.25, -0.2) is 0 Å². The van der Waals surface area contributed by atoms with Crippen LogP contribution in [0.2, 0.25) is 0 Å². The van der Waals surface area contributed by atoms with Crippen LogP contribution < -0.4 is 5.32 Å². The smallest absolute Gasteiger partial charge is 0.0237 e. The van der Waals surface area contributed by atoms with Crippen LogP contribution in [-0.2, 0) is 12.3 Å². The van der Waals surface area contributed by atoms with E-state index in [0.29, 0.717) is 0 Å². The summed E-state index contributed by atoms with van der Waals surface area (Å²) >= 11 is 1.92. The molecule has 2 rings (SSSR count). The quantitative estimate of drug-likeness (QED) is 0.804. The summed E-state index contributed by atoms with van der Waals surface area (Å²) in [4.78, 5) is 1.34. The van der Waals surface area contributed by atoms with Crippen molar-refractivity contribution < 1.29 is 0 Å². The fraction of sp³-hybridized carbons (Fsp3) is 0.333. The van der Waals surface area contributed by atoms with Crippen molar-refractivity contribution in [3.63, 3.8) is 0 Å². The molecule has 2 aromatic carbocycles. The molecule has 1 N–H and O–H groups in total. The molecular weight excluding hydrogens is 262 g/mol. The summed E-state index contributed by atoms with van der Waals surface area (Å²) in [5, 5.41) is 3.20. The van der Waals surface area contributed by atoms with Gasteiger partial charge in [0.25, 0.3) is 0 Å². The fourth-order valence-corrected chi connectivity index (χ4v) is 3.72. The summed E-state index contributed by atoms with van der Waals surface area (Å²) in [5.41, 5.74) is 6.97. The number of benzene rings is 2. The van der Waals surface area contributed by atoms with Crippen LogP contribution in [0.25, 0.3) is 0 Å². The normalized spacial score (nSPS) is 10.8. The predicted molar refractivity (Wildman–Crippen MR) is 89.4 cm³/mol. The van der Waals surface area contributed by atoms with E-state index in [1.165, 1.54) is 32.7 Å². The van der Waals surface area contributed by atoms with Crippen molar-refractivity contribution in [2.75, 3.05) is 7.05 Å². The van der Waals surface area contributed by atoms with Crippen LogP contribution in [0.5, 0.6) is 0 Å². The number of nitrogens with one attached hydrogen (secondary N) is 1. The lowest BCUT2D eigenvalue weighted by atomic mass is 10.0. The van der Waals surface area contributed by atoms with Crippen molar-refractivity contribution in [2.24, 2.45) is 0 Å². The van der Waals surface area contributed by atoms with E-state index in [1.807, 2.05) is 18.8 Å². The number of hydrogen-bond donors (Lipinski definition) is 1. The van der Waals surface area contributed by atoms with E-state index >= 15 is 0 Å². The molecule has 106 valence electrons. The number of hydrogen-bond acceptors (Lipinski definition) is 2. The van der Waals surface area contributed by atoms with E-state index in [-0.39, 0.29) is 0 Å². The van der Waals surface area contributed by atoms with Gasteiger partial charge in [-0.3, -0.25) is 0 Å². The van der Waals surface area contributed by atoms with Crippen LogP contribution in [0.15, 0.2) is 41.3 Å². The monoisotopic (exact) mass is 285 g/mol. The van der Waals surface area contributed by atoms with E-state index in [0.717, 1.165) is 12.3 Å². The Morgan fingerprint density at radius 1 is 1.00 bits per heavy atom. The second kappa shape index (κ2) is 6.96. The van der Waals surface area contributed by atoms with Gasteiger partial charge in [0.1, 0.15) is 0 Å². The molecule has 0 radical (unpaired) electrons. The SMILES string of the molecule is CNCc1cccc(SCc2c(C)cc(C)cc2C)c1. The molecule has 0 bridgehead atoms. The highest BCUT2D eigenvalue weighted by Gasteiger charge is 2.05. The van der Waals surface area contributed by atoms with Gasteiger partial charge in [0.15, 0.2) is 0 Å². The molecule has 1 nitrogen and oxygen atoms in total. The first-order chi connectivity index (χ1) is 9.60. The second-order valence-electron chi connectivity index (χ2n) is 5.34. The van der Waals surface area contributed by atoms with Crippen LogP contribution in [0, 0.1) is 20.8 Å². The van der Waals surface area contributed by atoms with Crippen LogP contribution in [0.4, 0.5) is 0 Å². The minimum atomic E-state index is 0.928. The number of thioether (sulfide) groups is 1. The molecule has 0 heterocycles. The summed E-state index contributed by atoms with van der Waals surface area (Å²) in [6.07, 6.45) is 0. The van der Waals surface area contributed by atoms with Crippen molar-refractivity contribution >= 4 is 11.8 Å². The Labute approximate surface area is 126 Å². The zero-order chi connectivity index (χ0) is 14.5. The van der Waals surface area contributed by atoms with Gasteiger partial charge in [-0.15, -0.1) is 11.8 Å². The average Bonchev–Trinajstić information content (AvgIpc) is 2.38. The lowest BCUT2D eigenvalue weighted by Gasteiger charge is -2.11. The Kier molecular flexibility index (Phi) is 5.27. The van der Waals surface area contributed by atoms with Crippen molar-refractivity contribution in [1.82, 2.24) is 5.32 Å². The molecule has 0 aliphatic rings. The highest BCUT2D eigenvalue weighted by atomic mass is 32.2. The summed E-state index contributed by atoms with van der Waals surface area (Å²) in [5.74, 6) is 1.04. The zero-order valence-corrected chi connectivity index (χ0v) is 13.6.